The lowest BCUT2D eigenvalue weighted by molar-refractivity contribution is 0.0951. The highest BCUT2D eigenvalue weighted by Gasteiger charge is 2.26. The number of unbranched alkanes of at least 4 members (excludes halogenated alkanes) is 1. The van der Waals surface area contributed by atoms with Crippen LogP contribution in [0.4, 0.5) is 11.8 Å². The molecule has 1 saturated carbocycles. The number of anilines is 2. The molecule has 0 radical (unpaired) electrons. The first-order valence-electron chi connectivity index (χ1n) is 9.07. The third-order valence-electron chi connectivity index (χ3n) is 4.58. The number of nitrogens with one attached hydrogen (secondary N) is 2. The highest BCUT2D eigenvalue weighted by molar-refractivity contribution is 5.98. The fourth-order valence-electron chi connectivity index (χ4n) is 2.78. The number of carbonyl (C=O) groups excluding carboxylic acids is 1. The predicted octanol–water partition coefficient (Wildman–Crippen LogP) is 1.85. The standard InChI is InChI=1S/C18H26N6O2/c1-3-4-7-18(2,10-25)24-15-14-13(22-17(19)23-15)8-11(9-20-14)16(26)21-12-5-6-12/h8-9,12,25H,3-7,10H2,1-2H3,(H,21,26)(H3,19,22,23,24)/t18-/m1/s1. The maximum atomic E-state index is 12.2. The molecule has 0 bridgehead atoms. The molecule has 1 amide bonds. The third-order valence-corrected chi connectivity index (χ3v) is 4.58. The molecule has 2 aromatic heterocycles. The van der Waals surface area contributed by atoms with Crippen molar-refractivity contribution in [2.45, 2.75) is 57.5 Å². The Morgan fingerprint density at radius 1 is 1.42 bits per heavy atom. The topological polar surface area (TPSA) is 126 Å². The summed E-state index contributed by atoms with van der Waals surface area (Å²) >= 11 is 0. The van der Waals surface area contributed by atoms with Gasteiger partial charge in [-0.05, 0) is 32.3 Å². The van der Waals surface area contributed by atoms with Crippen LogP contribution in [0.3, 0.4) is 0 Å². The Kier molecular flexibility index (Phi) is 5.22. The predicted molar refractivity (Wildman–Crippen MR) is 101 cm³/mol. The van der Waals surface area contributed by atoms with E-state index in [1.807, 2.05) is 6.92 Å². The minimum atomic E-state index is -0.534. The number of pyridine rings is 1. The molecule has 26 heavy (non-hydrogen) atoms. The van der Waals surface area contributed by atoms with Crippen molar-refractivity contribution in [3.8, 4) is 0 Å². The van der Waals surface area contributed by atoms with Crippen molar-refractivity contribution < 1.29 is 9.90 Å². The zero-order valence-corrected chi connectivity index (χ0v) is 15.2. The van der Waals surface area contributed by atoms with Crippen LogP contribution in [0.15, 0.2) is 12.3 Å². The molecule has 5 N–H and O–H groups in total. The lowest BCUT2D eigenvalue weighted by Crippen LogP contribution is -2.39. The van der Waals surface area contributed by atoms with Crippen LogP contribution in [0.25, 0.3) is 11.0 Å². The number of hydrogen-bond acceptors (Lipinski definition) is 7. The van der Waals surface area contributed by atoms with E-state index in [1.165, 1.54) is 6.20 Å². The number of aliphatic hydroxyl groups excluding tert-OH is 1. The largest absolute Gasteiger partial charge is 0.394 e. The molecule has 8 heteroatoms. The Balaban J connectivity index is 1.91. The molecular weight excluding hydrogens is 332 g/mol. The van der Waals surface area contributed by atoms with Crippen LogP contribution in [-0.4, -0.2) is 44.2 Å². The molecule has 1 fully saturated rings. The number of nitrogen functional groups attached to an aromatic ring is 1. The summed E-state index contributed by atoms with van der Waals surface area (Å²) in [6.07, 6.45) is 6.35. The van der Waals surface area contributed by atoms with Crippen LogP contribution in [0, 0.1) is 0 Å². The van der Waals surface area contributed by atoms with Crippen molar-refractivity contribution >= 4 is 28.7 Å². The van der Waals surface area contributed by atoms with Gasteiger partial charge < -0.3 is 21.5 Å². The van der Waals surface area contributed by atoms with Crippen molar-refractivity contribution in [1.82, 2.24) is 20.3 Å². The van der Waals surface area contributed by atoms with E-state index < -0.39 is 5.54 Å². The minimum absolute atomic E-state index is 0.0414. The number of aliphatic hydroxyl groups is 1. The molecule has 0 aliphatic heterocycles. The van der Waals surface area contributed by atoms with E-state index in [0.29, 0.717) is 22.4 Å². The molecule has 0 spiro atoms. The van der Waals surface area contributed by atoms with Crippen LogP contribution in [0.5, 0.6) is 0 Å². The maximum absolute atomic E-state index is 12.2. The van der Waals surface area contributed by atoms with Gasteiger partial charge in [-0.1, -0.05) is 19.8 Å². The number of nitrogens with zero attached hydrogens (tertiary/aromatic N) is 3. The van der Waals surface area contributed by atoms with E-state index in [2.05, 4.69) is 32.5 Å². The first-order valence-corrected chi connectivity index (χ1v) is 9.07. The number of aromatic nitrogens is 3. The minimum Gasteiger partial charge on any atom is -0.394 e. The van der Waals surface area contributed by atoms with Crippen LogP contribution < -0.4 is 16.4 Å². The molecule has 0 aromatic carbocycles. The van der Waals surface area contributed by atoms with Gasteiger partial charge in [-0.15, -0.1) is 0 Å². The Morgan fingerprint density at radius 2 is 2.19 bits per heavy atom. The normalized spacial score (nSPS) is 16.3. The summed E-state index contributed by atoms with van der Waals surface area (Å²) in [4.78, 5) is 25.1. The van der Waals surface area contributed by atoms with Gasteiger partial charge >= 0.3 is 0 Å². The van der Waals surface area contributed by atoms with Crippen LogP contribution in [0.2, 0.25) is 0 Å². The van der Waals surface area contributed by atoms with E-state index in [1.54, 1.807) is 6.07 Å². The smallest absolute Gasteiger partial charge is 0.253 e. The second kappa shape index (κ2) is 7.41. The van der Waals surface area contributed by atoms with Crippen LogP contribution in [-0.2, 0) is 0 Å². The maximum Gasteiger partial charge on any atom is 0.253 e. The Hall–Kier alpha value is -2.48. The highest BCUT2D eigenvalue weighted by atomic mass is 16.3. The summed E-state index contributed by atoms with van der Waals surface area (Å²) in [6.45, 7) is 4.00. The van der Waals surface area contributed by atoms with Crippen molar-refractivity contribution in [3.63, 3.8) is 0 Å². The van der Waals surface area contributed by atoms with Gasteiger partial charge in [-0.3, -0.25) is 4.79 Å². The Labute approximate surface area is 152 Å². The number of hydrogen-bond donors (Lipinski definition) is 4. The molecule has 2 aromatic rings. The molecule has 0 saturated heterocycles. The van der Waals surface area contributed by atoms with Crippen molar-refractivity contribution in [2.75, 3.05) is 17.7 Å². The van der Waals surface area contributed by atoms with Crippen molar-refractivity contribution in [1.29, 1.82) is 0 Å². The molecule has 2 heterocycles. The average Bonchev–Trinajstić information content (AvgIpc) is 3.43. The molecule has 1 aliphatic carbocycles. The summed E-state index contributed by atoms with van der Waals surface area (Å²) in [6, 6.07) is 1.95. The second-order valence-electron chi connectivity index (χ2n) is 7.22. The first kappa shape index (κ1) is 18.3. The van der Waals surface area contributed by atoms with Gasteiger partial charge in [-0.2, -0.15) is 4.98 Å². The third kappa shape index (κ3) is 4.19. The average molecular weight is 358 g/mol. The Morgan fingerprint density at radius 3 is 2.85 bits per heavy atom. The number of rotatable bonds is 8. The fourth-order valence-corrected chi connectivity index (χ4v) is 2.78. The van der Waals surface area contributed by atoms with E-state index in [-0.39, 0.29) is 24.5 Å². The van der Waals surface area contributed by atoms with Gasteiger partial charge in [0.2, 0.25) is 5.95 Å². The van der Waals surface area contributed by atoms with Gasteiger partial charge in [0.05, 0.1) is 23.2 Å². The highest BCUT2D eigenvalue weighted by Crippen LogP contribution is 2.26. The molecule has 8 nitrogen and oxygen atoms in total. The van der Waals surface area contributed by atoms with Gasteiger partial charge in [0.1, 0.15) is 5.52 Å². The van der Waals surface area contributed by atoms with Crippen LogP contribution in [0.1, 0.15) is 56.3 Å². The Bertz CT molecular complexity index is 808. The molecule has 140 valence electrons. The first-order chi connectivity index (χ1) is 12.4. The lowest BCUT2D eigenvalue weighted by atomic mass is 9.96. The molecule has 3 rings (SSSR count). The molecular formula is C18H26N6O2. The van der Waals surface area contributed by atoms with E-state index in [9.17, 15) is 9.90 Å². The number of fused-ring (bicyclic) bond motifs is 1. The van der Waals surface area contributed by atoms with Gasteiger partial charge in [0.25, 0.3) is 5.91 Å². The lowest BCUT2D eigenvalue weighted by Gasteiger charge is -2.29. The summed E-state index contributed by atoms with van der Waals surface area (Å²) in [5, 5.41) is 16.0. The van der Waals surface area contributed by atoms with Crippen molar-refractivity contribution in [3.05, 3.63) is 17.8 Å². The monoisotopic (exact) mass is 358 g/mol. The van der Waals surface area contributed by atoms with Crippen molar-refractivity contribution in [2.24, 2.45) is 0 Å². The number of amides is 1. The zero-order valence-electron chi connectivity index (χ0n) is 15.2. The van der Waals surface area contributed by atoms with E-state index in [4.69, 9.17) is 5.73 Å². The van der Waals surface area contributed by atoms with E-state index in [0.717, 1.165) is 32.1 Å². The zero-order chi connectivity index (χ0) is 18.7. The molecule has 1 atom stereocenters. The van der Waals surface area contributed by atoms with Gasteiger partial charge in [0, 0.05) is 12.2 Å². The second-order valence-corrected chi connectivity index (χ2v) is 7.22. The summed E-state index contributed by atoms with van der Waals surface area (Å²) in [7, 11) is 0. The summed E-state index contributed by atoms with van der Waals surface area (Å²) in [5.74, 6) is 0.406. The molecule has 0 unspecified atom stereocenters. The van der Waals surface area contributed by atoms with Gasteiger partial charge in [-0.25, -0.2) is 9.97 Å². The SMILES string of the molecule is CCCC[C@](C)(CO)Nc1nc(N)nc2cc(C(=O)NC3CC3)cnc12. The fraction of sp³-hybridized carbons (Fsp3) is 0.556. The van der Waals surface area contributed by atoms with E-state index >= 15 is 0 Å². The van der Waals surface area contributed by atoms with Gasteiger partial charge in [0.15, 0.2) is 5.82 Å². The quantitative estimate of drug-likeness (QED) is 0.567. The van der Waals surface area contributed by atoms with Crippen LogP contribution >= 0.6 is 0 Å². The number of carbonyl (C=O) groups is 1. The summed E-state index contributed by atoms with van der Waals surface area (Å²) < 4.78 is 0. The molecule has 1 aliphatic rings. The number of nitrogens with two attached hydrogens (primary N) is 1. The summed E-state index contributed by atoms with van der Waals surface area (Å²) in [5.41, 5.74) is 6.79.